The Morgan fingerprint density at radius 1 is 1.47 bits per heavy atom. The van der Waals surface area contributed by atoms with Crippen LogP contribution in [-0.4, -0.2) is 20.4 Å². The number of hydrogen-bond donors (Lipinski definition) is 2. The fourth-order valence-corrected chi connectivity index (χ4v) is 1.54. The van der Waals surface area contributed by atoms with E-state index >= 15 is 0 Å². The molecule has 0 atom stereocenters. The molecule has 0 aliphatic heterocycles. The molecule has 0 spiro atoms. The van der Waals surface area contributed by atoms with Crippen molar-refractivity contribution >= 4 is 17.3 Å². The predicted octanol–water partition coefficient (Wildman–Crippen LogP) is 1.13. The van der Waals surface area contributed by atoms with Crippen LogP contribution in [0, 0.1) is 0 Å². The van der Waals surface area contributed by atoms with Crippen LogP contribution in [0.25, 0.3) is 0 Å². The van der Waals surface area contributed by atoms with Crippen molar-refractivity contribution in [2.24, 2.45) is 0 Å². The zero-order valence-electron chi connectivity index (χ0n) is 9.42. The van der Waals surface area contributed by atoms with E-state index in [1.165, 1.54) is 18.7 Å². The molecule has 0 aliphatic rings. The number of hydrogen-bond acceptors (Lipinski definition) is 4. The van der Waals surface area contributed by atoms with E-state index < -0.39 is 0 Å². The van der Waals surface area contributed by atoms with Gasteiger partial charge in [-0.1, -0.05) is 0 Å². The molecule has 0 radical (unpaired) electrons. The van der Waals surface area contributed by atoms with Gasteiger partial charge in [0.1, 0.15) is 12.0 Å². The first-order valence-corrected chi connectivity index (χ1v) is 5.22. The molecule has 0 aliphatic carbocycles. The number of aromatic nitrogens is 3. The van der Waals surface area contributed by atoms with E-state index in [1.54, 1.807) is 16.8 Å². The largest absolute Gasteiger partial charge is 0.397 e. The lowest BCUT2D eigenvalue weighted by molar-refractivity contribution is 0.101. The van der Waals surface area contributed by atoms with Gasteiger partial charge in [-0.15, -0.1) is 0 Å². The first kappa shape index (κ1) is 11.1. The first-order chi connectivity index (χ1) is 8.20. The van der Waals surface area contributed by atoms with E-state index in [4.69, 9.17) is 5.73 Å². The summed E-state index contributed by atoms with van der Waals surface area (Å²) in [4.78, 5) is 19.6. The molecule has 2 heterocycles. The molecule has 0 fully saturated rings. The fourth-order valence-electron chi connectivity index (χ4n) is 1.54. The van der Waals surface area contributed by atoms with Crippen molar-refractivity contribution in [3.8, 4) is 0 Å². The Labute approximate surface area is 98.5 Å². The molecule has 0 unspecified atom stereocenters. The van der Waals surface area contributed by atoms with Gasteiger partial charge in [0.25, 0.3) is 5.91 Å². The normalized spacial score (nSPS) is 10.2. The molecule has 3 N–H and O–H groups in total. The number of nitrogens with zero attached hydrogens (tertiary/aromatic N) is 3. The van der Waals surface area contributed by atoms with Crippen molar-refractivity contribution in [2.45, 2.75) is 13.5 Å². The molecule has 17 heavy (non-hydrogen) atoms. The summed E-state index contributed by atoms with van der Waals surface area (Å²) in [6, 6.07) is 1.64. The monoisotopic (exact) mass is 231 g/mol. The highest BCUT2D eigenvalue weighted by Crippen LogP contribution is 2.12. The molecule has 0 saturated carbocycles. The summed E-state index contributed by atoms with van der Waals surface area (Å²) in [7, 11) is 0. The van der Waals surface area contributed by atoms with E-state index in [0.717, 1.165) is 0 Å². The Morgan fingerprint density at radius 2 is 2.18 bits per heavy atom. The maximum atomic E-state index is 12.0. The van der Waals surface area contributed by atoms with Crippen LogP contribution in [-0.2, 0) is 6.54 Å². The van der Waals surface area contributed by atoms with Gasteiger partial charge in [-0.25, -0.2) is 9.97 Å². The average molecular weight is 231 g/mol. The number of nitrogens with one attached hydrogen (secondary N) is 1. The second-order valence-electron chi connectivity index (χ2n) is 3.53. The van der Waals surface area contributed by atoms with Crippen LogP contribution in [0.1, 0.15) is 17.4 Å². The Balaban J connectivity index is 2.20. The van der Waals surface area contributed by atoms with E-state index in [0.29, 0.717) is 23.6 Å². The van der Waals surface area contributed by atoms with Crippen LogP contribution < -0.4 is 11.1 Å². The Morgan fingerprint density at radius 3 is 2.82 bits per heavy atom. The minimum absolute atomic E-state index is 0.224. The molecule has 2 aromatic heterocycles. The van der Waals surface area contributed by atoms with Crippen molar-refractivity contribution < 1.29 is 4.79 Å². The number of aryl methyl sites for hydroxylation is 1. The highest BCUT2D eigenvalue weighted by Gasteiger charge is 2.12. The number of carbonyl (C=O) groups is 1. The van der Waals surface area contributed by atoms with E-state index in [9.17, 15) is 4.79 Å². The van der Waals surface area contributed by atoms with E-state index in [1.807, 2.05) is 6.92 Å². The number of carbonyl (C=O) groups excluding carboxylic acids is 1. The second-order valence-corrected chi connectivity index (χ2v) is 3.53. The molecular weight excluding hydrogens is 218 g/mol. The van der Waals surface area contributed by atoms with Crippen LogP contribution in [0.15, 0.2) is 31.0 Å². The number of nitrogen functional groups attached to an aromatic ring is 1. The molecule has 6 heteroatoms. The van der Waals surface area contributed by atoms with Crippen molar-refractivity contribution in [3.05, 3.63) is 36.7 Å². The van der Waals surface area contributed by atoms with Gasteiger partial charge in [0.05, 0.1) is 23.8 Å². The fraction of sp³-hybridized carbons (Fsp3) is 0.182. The lowest BCUT2D eigenvalue weighted by atomic mass is 10.3. The van der Waals surface area contributed by atoms with Crippen LogP contribution in [0.5, 0.6) is 0 Å². The summed E-state index contributed by atoms with van der Waals surface area (Å²) in [6.45, 7) is 2.63. The summed E-state index contributed by atoms with van der Waals surface area (Å²) in [5.41, 5.74) is 7.31. The smallest absolute Gasteiger partial charge is 0.272 e. The van der Waals surface area contributed by atoms with Gasteiger partial charge < -0.3 is 15.6 Å². The SMILES string of the molecule is CCn1cc(N)cc1C(=O)Nc1cncnc1. The van der Waals surface area contributed by atoms with Crippen molar-refractivity contribution in [2.75, 3.05) is 11.1 Å². The third-order valence-electron chi connectivity index (χ3n) is 2.31. The van der Waals surface area contributed by atoms with Gasteiger partial charge in [0, 0.05) is 12.7 Å². The third kappa shape index (κ3) is 2.41. The quantitative estimate of drug-likeness (QED) is 0.829. The lowest BCUT2D eigenvalue weighted by Gasteiger charge is -2.06. The topological polar surface area (TPSA) is 85.8 Å². The highest BCUT2D eigenvalue weighted by molar-refractivity contribution is 6.03. The molecule has 0 aromatic carbocycles. The number of anilines is 2. The standard InChI is InChI=1S/C11H13N5O/c1-2-16-6-8(12)3-10(16)11(17)15-9-4-13-7-14-5-9/h3-7H,2,12H2,1H3,(H,15,17). The molecule has 88 valence electrons. The van der Waals surface area contributed by atoms with Crippen molar-refractivity contribution in [1.82, 2.24) is 14.5 Å². The molecular formula is C11H13N5O. The van der Waals surface area contributed by atoms with Crippen molar-refractivity contribution in [1.29, 1.82) is 0 Å². The zero-order valence-corrected chi connectivity index (χ0v) is 9.42. The predicted molar refractivity (Wildman–Crippen MR) is 64.5 cm³/mol. The molecule has 1 amide bonds. The molecule has 2 aromatic rings. The van der Waals surface area contributed by atoms with Gasteiger partial charge in [-0.3, -0.25) is 4.79 Å². The number of nitrogens with two attached hydrogens (primary N) is 1. The summed E-state index contributed by atoms with van der Waals surface area (Å²) in [5, 5.41) is 2.71. The Bertz CT molecular complexity index is 520. The summed E-state index contributed by atoms with van der Waals surface area (Å²) < 4.78 is 1.79. The summed E-state index contributed by atoms with van der Waals surface area (Å²) >= 11 is 0. The Kier molecular flexibility index (Phi) is 3.04. The molecule has 6 nitrogen and oxygen atoms in total. The highest BCUT2D eigenvalue weighted by atomic mass is 16.1. The minimum atomic E-state index is -0.224. The maximum Gasteiger partial charge on any atom is 0.272 e. The van der Waals surface area contributed by atoms with Crippen LogP contribution in [0.2, 0.25) is 0 Å². The van der Waals surface area contributed by atoms with Crippen molar-refractivity contribution in [3.63, 3.8) is 0 Å². The average Bonchev–Trinajstić information content (AvgIpc) is 2.72. The van der Waals surface area contributed by atoms with Gasteiger partial charge in [-0.2, -0.15) is 0 Å². The van der Waals surface area contributed by atoms with Crippen LogP contribution >= 0.6 is 0 Å². The summed E-state index contributed by atoms with van der Waals surface area (Å²) in [5.74, 6) is -0.224. The first-order valence-electron chi connectivity index (χ1n) is 5.22. The van der Waals surface area contributed by atoms with Crippen LogP contribution in [0.4, 0.5) is 11.4 Å². The number of amides is 1. The van der Waals surface area contributed by atoms with Crippen LogP contribution in [0.3, 0.4) is 0 Å². The number of rotatable bonds is 3. The van der Waals surface area contributed by atoms with Gasteiger partial charge >= 0.3 is 0 Å². The minimum Gasteiger partial charge on any atom is -0.397 e. The summed E-state index contributed by atoms with van der Waals surface area (Å²) in [6.07, 6.45) is 6.21. The third-order valence-corrected chi connectivity index (χ3v) is 2.31. The van der Waals surface area contributed by atoms with Gasteiger partial charge in [0.2, 0.25) is 0 Å². The second kappa shape index (κ2) is 4.65. The molecule has 0 bridgehead atoms. The molecule has 2 rings (SSSR count). The van der Waals surface area contributed by atoms with E-state index in [-0.39, 0.29) is 5.91 Å². The van der Waals surface area contributed by atoms with Gasteiger partial charge in [-0.05, 0) is 13.0 Å². The lowest BCUT2D eigenvalue weighted by Crippen LogP contribution is -2.16. The van der Waals surface area contributed by atoms with E-state index in [2.05, 4.69) is 15.3 Å². The maximum absolute atomic E-state index is 12.0. The Hall–Kier alpha value is -2.37. The zero-order chi connectivity index (χ0) is 12.3. The van der Waals surface area contributed by atoms with Gasteiger partial charge in [0.15, 0.2) is 0 Å². The molecule has 0 saturated heterocycles.